The molecule has 104 valence electrons. The summed E-state index contributed by atoms with van der Waals surface area (Å²) < 4.78 is 0. The number of hydrogen-bond acceptors (Lipinski definition) is 2. The van der Waals surface area contributed by atoms with Crippen LogP contribution < -0.4 is 4.90 Å². The van der Waals surface area contributed by atoms with Crippen LogP contribution in [0.25, 0.3) is 0 Å². The lowest BCUT2D eigenvalue weighted by atomic mass is 10.1. The van der Waals surface area contributed by atoms with Crippen LogP contribution in [0.5, 0.6) is 0 Å². The Kier molecular flexibility index (Phi) is 3.61. The summed E-state index contributed by atoms with van der Waals surface area (Å²) >= 11 is 0. The smallest absolute Gasteiger partial charge is 0.352 e. The van der Waals surface area contributed by atoms with E-state index in [1.807, 2.05) is 30.3 Å². The molecule has 0 aliphatic carbocycles. The lowest BCUT2D eigenvalue weighted by Gasteiger charge is -2.17. The topological polar surface area (TPSA) is 73.4 Å². The molecule has 5 heteroatoms. The highest BCUT2D eigenvalue weighted by Crippen LogP contribution is 2.22. The highest BCUT2D eigenvalue weighted by Gasteiger charge is 2.24. The van der Waals surface area contributed by atoms with Gasteiger partial charge >= 0.3 is 5.97 Å². The quantitative estimate of drug-likeness (QED) is 0.902. The van der Waals surface area contributed by atoms with Crippen molar-refractivity contribution >= 4 is 17.6 Å². The molecule has 1 aromatic carbocycles. The lowest BCUT2D eigenvalue weighted by molar-refractivity contribution is 0.0690. The number of aromatic carboxylic acids is 1. The Morgan fingerprint density at radius 1 is 1.15 bits per heavy atom. The van der Waals surface area contributed by atoms with Crippen molar-refractivity contribution in [2.75, 3.05) is 11.9 Å². The first-order valence-electron chi connectivity index (χ1n) is 6.19. The van der Waals surface area contributed by atoms with Gasteiger partial charge in [0, 0.05) is 18.4 Å². The van der Waals surface area contributed by atoms with Gasteiger partial charge in [0.25, 0.3) is 5.91 Å². The summed E-state index contributed by atoms with van der Waals surface area (Å²) in [7, 11) is 1.67. The van der Waals surface area contributed by atoms with Crippen LogP contribution in [-0.4, -0.2) is 29.0 Å². The van der Waals surface area contributed by atoms with Gasteiger partial charge in [-0.2, -0.15) is 0 Å². The molecule has 0 spiro atoms. The minimum Gasteiger partial charge on any atom is -0.477 e. The van der Waals surface area contributed by atoms with E-state index in [2.05, 4.69) is 4.98 Å². The maximum Gasteiger partial charge on any atom is 0.352 e. The summed E-state index contributed by atoms with van der Waals surface area (Å²) in [5, 5.41) is 9.08. The fraction of sp³-hybridized carbons (Fsp3) is 0.200. The van der Waals surface area contributed by atoms with E-state index in [0.29, 0.717) is 16.8 Å². The van der Waals surface area contributed by atoms with Crippen LogP contribution in [0.2, 0.25) is 0 Å². The van der Waals surface area contributed by atoms with E-state index in [1.54, 1.807) is 20.9 Å². The highest BCUT2D eigenvalue weighted by atomic mass is 16.4. The van der Waals surface area contributed by atoms with Crippen molar-refractivity contribution in [1.82, 2.24) is 4.98 Å². The third-order valence-electron chi connectivity index (χ3n) is 3.31. The van der Waals surface area contributed by atoms with E-state index in [1.165, 1.54) is 4.90 Å². The normalized spacial score (nSPS) is 10.3. The van der Waals surface area contributed by atoms with Crippen LogP contribution in [0.1, 0.15) is 32.1 Å². The summed E-state index contributed by atoms with van der Waals surface area (Å²) in [5.74, 6) is -1.29. The number of nitrogens with one attached hydrogen (secondary N) is 1. The first-order chi connectivity index (χ1) is 9.43. The van der Waals surface area contributed by atoms with Gasteiger partial charge in [0.15, 0.2) is 0 Å². The van der Waals surface area contributed by atoms with E-state index >= 15 is 0 Å². The molecule has 0 saturated carbocycles. The summed E-state index contributed by atoms with van der Waals surface area (Å²) in [5.41, 5.74) is 2.26. The number of nitrogens with zero attached hydrogens (tertiary/aromatic N) is 1. The van der Waals surface area contributed by atoms with Crippen molar-refractivity contribution in [3.63, 3.8) is 0 Å². The van der Waals surface area contributed by atoms with Gasteiger partial charge in [0.1, 0.15) is 5.69 Å². The van der Waals surface area contributed by atoms with Crippen molar-refractivity contribution in [2.24, 2.45) is 0 Å². The van der Waals surface area contributed by atoms with Crippen LogP contribution in [0, 0.1) is 13.8 Å². The first kappa shape index (κ1) is 13.9. The Balaban J connectivity index is 2.42. The first-order valence-corrected chi connectivity index (χ1v) is 6.19. The molecule has 0 atom stereocenters. The number of hydrogen-bond donors (Lipinski definition) is 2. The number of benzene rings is 1. The fourth-order valence-corrected chi connectivity index (χ4v) is 2.22. The minimum absolute atomic E-state index is 0.0623. The zero-order valence-corrected chi connectivity index (χ0v) is 11.6. The third-order valence-corrected chi connectivity index (χ3v) is 3.31. The number of rotatable bonds is 3. The second kappa shape index (κ2) is 5.21. The van der Waals surface area contributed by atoms with Crippen LogP contribution in [0.4, 0.5) is 5.69 Å². The molecule has 2 aromatic rings. The van der Waals surface area contributed by atoms with Crippen LogP contribution in [-0.2, 0) is 0 Å². The van der Waals surface area contributed by atoms with E-state index in [4.69, 9.17) is 5.11 Å². The minimum atomic E-state index is -1.06. The Labute approximate surface area is 116 Å². The number of amides is 1. The molecular weight excluding hydrogens is 256 g/mol. The number of aromatic amines is 1. The molecule has 0 saturated heterocycles. The van der Waals surface area contributed by atoms with Crippen molar-refractivity contribution in [3.8, 4) is 0 Å². The van der Waals surface area contributed by atoms with Crippen molar-refractivity contribution < 1.29 is 14.7 Å². The summed E-state index contributed by atoms with van der Waals surface area (Å²) in [6, 6.07) is 9.22. The van der Waals surface area contributed by atoms with Crippen molar-refractivity contribution in [1.29, 1.82) is 0 Å². The van der Waals surface area contributed by atoms with Crippen molar-refractivity contribution in [2.45, 2.75) is 13.8 Å². The molecule has 5 nitrogen and oxygen atoms in total. The molecule has 1 aromatic heterocycles. The zero-order valence-electron chi connectivity index (χ0n) is 11.6. The molecule has 0 aliphatic heterocycles. The number of aromatic nitrogens is 1. The molecule has 1 heterocycles. The van der Waals surface area contributed by atoms with E-state index < -0.39 is 5.97 Å². The predicted molar refractivity (Wildman–Crippen MR) is 76.4 cm³/mol. The molecule has 2 N–H and O–H groups in total. The van der Waals surface area contributed by atoms with Crippen molar-refractivity contribution in [3.05, 3.63) is 52.8 Å². The molecule has 0 aliphatic rings. The van der Waals surface area contributed by atoms with Crippen LogP contribution in [0.3, 0.4) is 0 Å². The number of anilines is 1. The Morgan fingerprint density at radius 3 is 2.25 bits per heavy atom. The number of carboxylic acid groups (broad SMARTS) is 1. The molecular formula is C15H16N2O3. The molecule has 0 fully saturated rings. The summed E-state index contributed by atoms with van der Waals surface area (Å²) in [6.07, 6.45) is 0. The predicted octanol–water partition coefficient (Wildman–Crippen LogP) is 2.61. The number of carboxylic acids is 1. The molecule has 2 rings (SSSR count). The highest BCUT2D eigenvalue weighted by molar-refractivity contribution is 6.09. The molecule has 20 heavy (non-hydrogen) atoms. The second-order valence-electron chi connectivity index (χ2n) is 4.63. The van der Waals surface area contributed by atoms with Gasteiger partial charge in [0.2, 0.25) is 0 Å². The summed E-state index contributed by atoms with van der Waals surface area (Å²) in [6.45, 7) is 3.34. The van der Waals surface area contributed by atoms with Crippen LogP contribution >= 0.6 is 0 Å². The van der Waals surface area contributed by atoms with Gasteiger partial charge in [-0.1, -0.05) is 18.2 Å². The molecule has 0 unspecified atom stereocenters. The van der Waals surface area contributed by atoms with Gasteiger partial charge in [-0.15, -0.1) is 0 Å². The fourth-order valence-electron chi connectivity index (χ4n) is 2.22. The maximum atomic E-state index is 12.5. The number of carbonyl (C=O) groups is 2. The monoisotopic (exact) mass is 272 g/mol. The van der Waals surface area contributed by atoms with Gasteiger partial charge in [-0.3, -0.25) is 4.79 Å². The zero-order chi connectivity index (χ0) is 14.9. The number of H-pyrrole nitrogens is 1. The average Bonchev–Trinajstić information content (AvgIpc) is 2.73. The lowest BCUT2D eigenvalue weighted by Crippen LogP contribution is -2.27. The maximum absolute atomic E-state index is 12.5. The van der Waals surface area contributed by atoms with E-state index in [0.717, 1.165) is 5.69 Å². The Bertz CT molecular complexity index is 659. The largest absolute Gasteiger partial charge is 0.477 e. The van der Waals surface area contributed by atoms with E-state index in [-0.39, 0.29) is 11.6 Å². The number of carbonyl (C=O) groups excluding carboxylic acids is 1. The molecule has 0 radical (unpaired) electrons. The van der Waals surface area contributed by atoms with Gasteiger partial charge in [-0.25, -0.2) is 4.79 Å². The Morgan fingerprint density at radius 2 is 1.75 bits per heavy atom. The average molecular weight is 272 g/mol. The van der Waals surface area contributed by atoms with E-state index in [9.17, 15) is 9.59 Å². The number of aryl methyl sites for hydroxylation is 1. The SMILES string of the molecule is Cc1[nH]c(C(=O)O)c(C)c1C(=O)N(C)c1ccccc1. The molecule has 0 bridgehead atoms. The molecule has 1 amide bonds. The third kappa shape index (κ3) is 2.30. The summed E-state index contributed by atoms with van der Waals surface area (Å²) in [4.78, 5) is 27.9. The second-order valence-corrected chi connectivity index (χ2v) is 4.63. The standard InChI is InChI=1S/C15H16N2O3/c1-9-12(10(2)16-13(9)15(19)20)14(18)17(3)11-7-5-4-6-8-11/h4-8,16H,1-3H3,(H,19,20). The van der Waals surface area contributed by atoms with Gasteiger partial charge in [0.05, 0.1) is 5.56 Å². The van der Waals surface area contributed by atoms with Gasteiger partial charge in [-0.05, 0) is 31.5 Å². The van der Waals surface area contributed by atoms with Gasteiger partial charge < -0.3 is 15.0 Å². The van der Waals surface area contributed by atoms with Crippen LogP contribution in [0.15, 0.2) is 30.3 Å². The number of para-hydroxylation sites is 1. The Hall–Kier alpha value is -2.56.